The first kappa shape index (κ1) is 13.2. The normalized spacial score (nSPS) is 12.0. The molecule has 98 valence electrons. The van der Waals surface area contributed by atoms with Crippen molar-refractivity contribution in [3.8, 4) is 0 Å². The van der Waals surface area contributed by atoms with E-state index < -0.39 is 0 Å². The van der Waals surface area contributed by atoms with Gasteiger partial charge in [-0.15, -0.1) is 16.4 Å². The molecule has 0 radical (unpaired) electrons. The van der Waals surface area contributed by atoms with Crippen molar-refractivity contribution in [1.29, 1.82) is 0 Å². The molecule has 2 aromatic heterocycles. The second-order valence-corrected chi connectivity index (χ2v) is 6.68. The van der Waals surface area contributed by atoms with Gasteiger partial charge in [0.1, 0.15) is 0 Å². The van der Waals surface area contributed by atoms with E-state index in [2.05, 4.69) is 41.4 Å². The second kappa shape index (κ2) is 5.16. The summed E-state index contributed by atoms with van der Waals surface area (Å²) in [4.78, 5) is 5.43. The highest BCUT2D eigenvalue weighted by Gasteiger charge is 2.10. The molecule has 0 unspecified atom stereocenters. The lowest BCUT2D eigenvalue weighted by atomic mass is 10.1. The zero-order valence-electron chi connectivity index (χ0n) is 11.3. The summed E-state index contributed by atoms with van der Waals surface area (Å²) in [6, 6.07) is 0. The molecule has 0 amide bonds. The van der Waals surface area contributed by atoms with Crippen LogP contribution in [0.4, 0.5) is 0 Å². The summed E-state index contributed by atoms with van der Waals surface area (Å²) < 4.78 is 1.85. The van der Waals surface area contributed by atoms with Crippen LogP contribution in [0.5, 0.6) is 0 Å². The number of rotatable bonds is 4. The fourth-order valence-electron chi connectivity index (χ4n) is 1.49. The van der Waals surface area contributed by atoms with Crippen LogP contribution in [0.25, 0.3) is 0 Å². The van der Waals surface area contributed by atoms with Crippen molar-refractivity contribution in [2.24, 2.45) is 0 Å². The highest BCUT2D eigenvalue weighted by molar-refractivity contribution is 7.11. The molecule has 0 atom stereocenters. The molecule has 0 aliphatic carbocycles. The summed E-state index contributed by atoms with van der Waals surface area (Å²) in [5.41, 5.74) is 1.06. The smallest absolute Gasteiger partial charge is 0.0965 e. The van der Waals surface area contributed by atoms with E-state index in [4.69, 9.17) is 0 Å². The van der Waals surface area contributed by atoms with Gasteiger partial charge in [0, 0.05) is 23.2 Å². The van der Waals surface area contributed by atoms with Crippen LogP contribution in [0.3, 0.4) is 0 Å². The van der Waals surface area contributed by atoms with E-state index in [1.54, 1.807) is 11.3 Å². The third-order valence-corrected chi connectivity index (χ3v) is 3.27. The Bertz CT molecular complexity index is 509. The Morgan fingerprint density at radius 2 is 2.17 bits per heavy atom. The van der Waals surface area contributed by atoms with Crippen molar-refractivity contribution < 1.29 is 0 Å². The SMILES string of the molecule is Cc1ncc(Cn2cc(CNC(C)(C)C)nn2)s1. The first-order valence-corrected chi connectivity index (χ1v) is 6.79. The summed E-state index contributed by atoms with van der Waals surface area (Å²) in [5.74, 6) is 0. The number of nitrogens with one attached hydrogen (secondary N) is 1. The van der Waals surface area contributed by atoms with Gasteiger partial charge in [-0.05, 0) is 27.7 Å². The molecule has 0 fully saturated rings. The lowest BCUT2D eigenvalue weighted by Crippen LogP contribution is -2.35. The van der Waals surface area contributed by atoms with E-state index in [1.807, 2.05) is 24.0 Å². The minimum Gasteiger partial charge on any atom is -0.306 e. The van der Waals surface area contributed by atoms with Gasteiger partial charge in [0.25, 0.3) is 0 Å². The Balaban J connectivity index is 1.94. The lowest BCUT2D eigenvalue weighted by molar-refractivity contribution is 0.421. The van der Waals surface area contributed by atoms with Gasteiger partial charge < -0.3 is 5.32 Å². The van der Waals surface area contributed by atoms with Gasteiger partial charge in [-0.25, -0.2) is 9.67 Å². The zero-order chi connectivity index (χ0) is 13.2. The molecule has 2 aromatic rings. The maximum absolute atomic E-state index is 4.23. The number of aryl methyl sites for hydroxylation is 1. The van der Waals surface area contributed by atoms with Crippen LogP contribution in [0.1, 0.15) is 36.3 Å². The predicted molar refractivity (Wildman–Crippen MR) is 72.6 cm³/mol. The fraction of sp³-hybridized carbons (Fsp3) is 0.583. The van der Waals surface area contributed by atoms with E-state index in [9.17, 15) is 0 Å². The molecule has 1 N–H and O–H groups in total. The zero-order valence-corrected chi connectivity index (χ0v) is 12.1. The first-order chi connectivity index (χ1) is 8.42. The Morgan fingerprint density at radius 3 is 2.78 bits per heavy atom. The molecular weight excluding hydrogens is 246 g/mol. The van der Waals surface area contributed by atoms with Crippen LogP contribution in [0, 0.1) is 6.92 Å². The van der Waals surface area contributed by atoms with Crippen molar-refractivity contribution in [3.05, 3.63) is 28.0 Å². The number of aromatic nitrogens is 4. The molecule has 2 rings (SSSR count). The molecular formula is C12H19N5S. The summed E-state index contributed by atoms with van der Waals surface area (Å²) in [6.45, 7) is 9.90. The van der Waals surface area contributed by atoms with Crippen LogP contribution in [0.2, 0.25) is 0 Å². The Kier molecular flexibility index (Phi) is 3.77. The van der Waals surface area contributed by atoms with Crippen LogP contribution < -0.4 is 5.32 Å². The summed E-state index contributed by atoms with van der Waals surface area (Å²) in [5, 5.41) is 12.8. The van der Waals surface area contributed by atoms with Crippen LogP contribution in [0.15, 0.2) is 12.4 Å². The quantitative estimate of drug-likeness (QED) is 0.918. The van der Waals surface area contributed by atoms with Crippen LogP contribution in [-0.4, -0.2) is 25.5 Å². The van der Waals surface area contributed by atoms with Gasteiger partial charge in [-0.3, -0.25) is 0 Å². The molecule has 0 saturated carbocycles. The van der Waals surface area contributed by atoms with Crippen LogP contribution in [-0.2, 0) is 13.1 Å². The van der Waals surface area contributed by atoms with Gasteiger partial charge in [0.2, 0.25) is 0 Å². The number of hydrogen-bond acceptors (Lipinski definition) is 5. The fourth-order valence-corrected chi connectivity index (χ4v) is 2.28. The maximum atomic E-state index is 4.23. The Hall–Kier alpha value is -1.27. The highest BCUT2D eigenvalue weighted by Crippen LogP contribution is 2.12. The van der Waals surface area contributed by atoms with Crippen molar-refractivity contribution >= 4 is 11.3 Å². The molecule has 0 bridgehead atoms. The van der Waals surface area contributed by atoms with E-state index in [-0.39, 0.29) is 5.54 Å². The summed E-state index contributed by atoms with van der Waals surface area (Å²) in [6.07, 6.45) is 3.88. The Labute approximate surface area is 111 Å². The molecule has 5 nitrogen and oxygen atoms in total. The number of hydrogen-bond donors (Lipinski definition) is 1. The lowest BCUT2D eigenvalue weighted by Gasteiger charge is -2.19. The molecule has 2 heterocycles. The monoisotopic (exact) mass is 265 g/mol. The van der Waals surface area contributed by atoms with Gasteiger partial charge in [0.05, 0.1) is 23.4 Å². The molecule has 0 aromatic carbocycles. The van der Waals surface area contributed by atoms with Crippen molar-refractivity contribution in [2.45, 2.75) is 46.3 Å². The Morgan fingerprint density at radius 1 is 1.39 bits per heavy atom. The summed E-state index contributed by atoms with van der Waals surface area (Å²) in [7, 11) is 0. The second-order valence-electron chi connectivity index (χ2n) is 5.36. The third kappa shape index (κ3) is 3.89. The average molecular weight is 265 g/mol. The predicted octanol–water partition coefficient (Wildman–Crippen LogP) is 1.98. The average Bonchev–Trinajstić information content (AvgIpc) is 2.85. The standard InChI is InChI=1S/C12H19N5S/c1-9-13-6-11(18-9)8-17-7-10(15-16-17)5-14-12(2,3)4/h6-7,14H,5,8H2,1-4H3. The van der Waals surface area contributed by atoms with Crippen molar-refractivity contribution in [1.82, 2.24) is 25.3 Å². The minimum absolute atomic E-state index is 0.0958. The topological polar surface area (TPSA) is 55.6 Å². The molecule has 0 aliphatic rings. The molecule has 6 heteroatoms. The number of thiazole rings is 1. The van der Waals surface area contributed by atoms with Gasteiger partial charge in [0.15, 0.2) is 0 Å². The molecule has 18 heavy (non-hydrogen) atoms. The van der Waals surface area contributed by atoms with Crippen molar-refractivity contribution in [2.75, 3.05) is 0 Å². The van der Waals surface area contributed by atoms with E-state index in [0.29, 0.717) is 0 Å². The largest absolute Gasteiger partial charge is 0.306 e. The van der Waals surface area contributed by atoms with E-state index in [0.717, 1.165) is 23.8 Å². The van der Waals surface area contributed by atoms with E-state index >= 15 is 0 Å². The number of nitrogens with zero attached hydrogens (tertiary/aromatic N) is 4. The molecule has 0 spiro atoms. The minimum atomic E-state index is 0.0958. The van der Waals surface area contributed by atoms with E-state index in [1.165, 1.54) is 4.88 Å². The molecule has 0 saturated heterocycles. The van der Waals surface area contributed by atoms with Gasteiger partial charge >= 0.3 is 0 Å². The van der Waals surface area contributed by atoms with Gasteiger partial charge in [-0.1, -0.05) is 5.21 Å². The van der Waals surface area contributed by atoms with Gasteiger partial charge in [-0.2, -0.15) is 0 Å². The maximum Gasteiger partial charge on any atom is 0.0965 e. The third-order valence-electron chi connectivity index (χ3n) is 2.37. The van der Waals surface area contributed by atoms with Crippen molar-refractivity contribution in [3.63, 3.8) is 0 Å². The molecule has 0 aliphatic heterocycles. The highest BCUT2D eigenvalue weighted by atomic mass is 32.1. The first-order valence-electron chi connectivity index (χ1n) is 5.98. The van der Waals surface area contributed by atoms with Crippen LogP contribution >= 0.6 is 11.3 Å². The summed E-state index contributed by atoms with van der Waals surface area (Å²) >= 11 is 1.69.